The zero-order valence-corrected chi connectivity index (χ0v) is 12.1. The number of ether oxygens (including phenoxy) is 2. The molecule has 0 unspecified atom stereocenters. The number of carbonyl (C=O) groups excluding carboxylic acids is 2. The Hall–Kier alpha value is -2.05. The van der Waals surface area contributed by atoms with Gasteiger partial charge in [-0.05, 0) is 19.4 Å². The Morgan fingerprint density at radius 3 is 2.23 bits per heavy atom. The van der Waals surface area contributed by atoms with Crippen LogP contribution in [0.2, 0.25) is 0 Å². The highest BCUT2D eigenvalue weighted by Crippen LogP contribution is 2.32. The molecule has 0 N–H and O–H groups in total. The molecule has 0 fully saturated rings. The predicted molar refractivity (Wildman–Crippen MR) is 71.7 cm³/mol. The first-order valence-corrected chi connectivity index (χ1v) is 6.81. The van der Waals surface area contributed by atoms with Crippen molar-refractivity contribution in [1.82, 2.24) is 0 Å². The number of hydrogen-bond donors (Lipinski definition) is 0. The second-order valence-electron chi connectivity index (χ2n) is 4.47. The third-order valence-corrected chi connectivity index (χ3v) is 2.78. The van der Waals surface area contributed by atoms with Crippen molar-refractivity contribution in [2.24, 2.45) is 0 Å². The van der Waals surface area contributed by atoms with E-state index in [-0.39, 0.29) is 31.4 Å². The second kappa shape index (κ2) is 8.41. The number of halogens is 3. The third-order valence-electron chi connectivity index (χ3n) is 2.78. The van der Waals surface area contributed by atoms with Crippen LogP contribution in [0.3, 0.4) is 0 Å². The van der Waals surface area contributed by atoms with Gasteiger partial charge >= 0.3 is 18.1 Å². The lowest BCUT2D eigenvalue weighted by molar-refractivity contribution is -0.148. The Kier molecular flexibility index (Phi) is 6.88. The van der Waals surface area contributed by atoms with E-state index in [0.29, 0.717) is 0 Å². The van der Waals surface area contributed by atoms with E-state index in [0.717, 1.165) is 6.07 Å². The van der Waals surface area contributed by atoms with Crippen LogP contribution in [0.25, 0.3) is 0 Å². The summed E-state index contributed by atoms with van der Waals surface area (Å²) in [6, 6.07) is 4.91. The van der Waals surface area contributed by atoms with Crippen molar-refractivity contribution in [3.8, 4) is 0 Å². The first-order chi connectivity index (χ1) is 10.3. The monoisotopic (exact) mass is 318 g/mol. The molecular formula is C15H17F3O4. The summed E-state index contributed by atoms with van der Waals surface area (Å²) in [5, 5.41) is 0. The van der Waals surface area contributed by atoms with Gasteiger partial charge in [0.25, 0.3) is 0 Å². The van der Waals surface area contributed by atoms with Gasteiger partial charge in [-0.1, -0.05) is 18.2 Å². The van der Waals surface area contributed by atoms with Gasteiger partial charge < -0.3 is 9.47 Å². The zero-order valence-electron chi connectivity index (χ0n) is 12.1. The molecular weight excluding hydrogens is 301 g/mol. The van der Waals surface area contributed by atoms with Crippen molar-refractivity contribution in [3.63, 3.8) is 0 Å². The fourth-order valence-corrected chi connectivity index (χ4v) is 1.76. The number of benzene rings is 1. The van der Waals surface area contributed by atoms with Crippen LogP contribution >= 0.6 is 0 Å². The molecule has 0 aliphatic heterocycles. The number of rotatable bonds is 7. The Morgan fingerprint density at radius 1 is 1.05 bits per heavy atom. The van der Waals surface area contributed by atoms with Crippen molar-refractivity contribution < 1.29 is 32.2 Å². The van der Waals surface area contributed by atoms with Gasteiger partial charge in [-0.2, -0.15) is 13.2 Å². The van der Waals surface area contributed by atoms with E-state index >= 15 is 0 Å². The number of alkyl halides is 3. The minimum atomic E-state index is -4.49. The van der Waals surface area contributed by atoms with Crippen molar-refractivity contribution in [2.45, 2.75) is 39.0 Å². The maximum absolute atomic E-state index is 12.7. The Morgan fingerprint density at radius 2 is 1.64 bits per heavy atom. The molecule has 0 aliphatic carbocycles. The fraction of sp³-hybridized carbons (Fsp3) is 0.467. The van der Waals surface area contributed by atoms with Crippen LogP contribution in [0, 0.1) is 0 Å². The first kappa shape index (κ1) is 18.0. The highest BCUT2D eigenvalue weighted by atomic mass is 19.4. The van der Waals surface area contributed by atoms with Crippen molar-refractivity contribution in [1.29, 1.82) is 0 Å². The third kappa shape index (κ3) is 6.15. The molecule has 0 spiro atoms. The zero-order chi connectivity index (χ0) is 16.6. The van der Waals surface area contributed by atoms with Crippen LogP contribution in [0.1, 0.15) is 37.3 Å². The van der Waals surface area contributed by atoms with Crippen LogP contribution in [0.5, 0.6) is 0 Å². The average Bonchev–Trinajstić information content (AvgIpc) is 2.45. The highest BCUT2D eigenvalue weighted by molar-refractivity contribution is 5.72. The normalized spacial score (nSPS) is 11.1. The number of esters is 2. The molecule has 1 rings (SSSR count). The van der Waals surface area contributed by atoms with E-state index in [1.54, 1.807) is 6.92 Å². The minimum absolute atomic E-state index is 0.0486. The van der Waals surface area contributed by atoms with Gasteiger partial charge in [-0.15, -0.1) is 0 Å². The molecule has 7 heteroatoms. The van der Waals surface area contributed by atoms with Crippen molar-refractivity contribution >= 4 is 11.9 Å². The molecule has 0 aromatic heterocycles. The summed E-state index contributed by atoms with van der Waals surface area (Å²) in [6.07, 6.45) is -4.24. The Balaban J connectivity index is 2.44. The topological polar surface area (TPSA) is 52.6 Å². The van der Waals surface area contributed by atoms with Crippen LogP contribution in [0.4, 0.5) is 13.2 Å². The molecule has 0 saturated carbocycles. The summed E-state index contributed by atoms with van der Waals surface area (Å²) in [7, 11) is 0. The Labute approximate surface area is 126 Å². The number of carbonyl (C=O) groups is 2. The predicted octanol–water partition coefficient (Wildman–Crippen LogP) is 3.48. The van der Waals surface area contributed by atoms with Crippen LogP contribution in [-0.2, 0) is 31.8 Å². The maximum atomic E-state index is 12.7. The Bertz CT molecular complexity index is 512. The quantitative estimate of drug-likeness (QED) is 0.722. The molecule has 4 nitrogen and oxygen atoms in total. The van der Waals surface area contributed by atoms with Crippen LogP contribution < -0.4 is 0 Å². The van der Waals surface area contributed by atoms with Gasteiger partial charge in [0.05, 0.1) is 12.2 Å². The van der Waals surface area contributed by atoms with Gasteiger partial charge in [0.1, 0.15) is 6.61 Å². The molecule has 0 heterocycles. The smallest absolute Gasteiger partial charge is 0.416 e. The van der Waals surface area contributed by atoms with Gasteiger partial charge in [-0.25, -0.2) is 0 Å². The van der Waals surface area contributed by atoms with E-state index in [2.05, 4.69) is 0 Å². The first-order valence-electron chi connectivity index (χ1n) is 6.81. The van der Waals surface area contributed by atoms with Gasteiger partial charge in [0.15, 0.2) is 0 Å². The molecule has 0 atom stereocenters. The van der Waals surface area contributed by atoms with Crippen molar-refractivity contribution in [3.05, 3.63) is 35.4 Å². The second-order valence-corrected chi connectivity index (χ2v) is 4.47. The molecule has 0 bridgehead atoms. The van der Waals surface area contributed by atoms with E-state index in [1.165, 1.54) is 18.2 Å². The average molecular weight is 318 g/mol. The summed E-state index contributed by atoms with van der Waals surface area (Å²) in [6.45, 7) is 1.48. The lowest BCUT2D eigenvalue weighted by atomic mass is 10.1. The molecule has 22 heavy (non-hydrogen) atoms. The van der Waals surface area contributed by atoms with Gasteiger partial charge in [-0.3, -0.25) is 9.59 Å². The summed E-state index contributed by atoms with van der Waals surface area (Å²) in [4.78, 5) is 22.5. The lowest BCUT2D eigenvalue weighted by Gasteiger charge is -2.12. The van der Waals surface area contributed by atoms with Gasteiger partial charge in [0.2, 0.25) is 0 Å². The molecule has 1 aromatic rings. The highest BCUT2D eigenvalue weighted by Gasteiger charge is 2.33. The summed E-state index contributed by atoms with van der Waals surface area (Å²) in [5.41, 5.74) is -0.928. The molecule has 0 amide bonds. The van der Waals surface area contributed by atoms with Crippen LogP contribution in [0.15, 0.2) is 24.3 Å². The number of hydrogen-bond acceptors (Lipinski definition) is 4. The summed E-state index contributed by atoms with van der Waals surface area (Å²) >= 11 is 0. The standard InChI is InChI=1S/C15H17F3O4/c1-2-21-13(19)8-5-9-14(20)22-10-11-6-3-4-7-12(11)15(16,17)18/h3-4,6-7H,2,5,8-10H2,1H3. The van der Waals surface area contributed by atoms with Gasteiger partial charge in [0, 0.05) is 18.4 Å². The SMILES string of the molecule is CCOC(=O)CCCC(=O)OCc1ccccc1C(F)(F)F. The lowest BCUT2D eigenvalue weighted by Crippen LogP contribution is -2.12. The molecule has 1 aromatic carbocycles. The fourth-order valence-electron chi connectivity index (χ4n) is 1.76. The van der Waals surface area contributed by atoms with E-state index in [9.17, 15) is 22.8 Å². The van der Waals surface area contributed by atoms with Crippen LogP contribution in [-0.4, -0.2) is 18.5 Å². The molecule has 0 aliphatic rings. The summed E-state index contributed by atoms with van der Waals surface area (Å²) in [5.74, 6) is -1.07. The maximum Gasteiger partial charge on any atom is 0.416 e. The van der Waals surface area contributed by atoms with Crippen molar-refractivity contribution in [2.75, 3.05) is 6.61 Å². The van der Waals surface area contributed by atoms with E-state index in [1.807, 2.05) is 0 Å². The minimum Gasteiger partial charge on any atom is -0.466 e. The van der Waals surface area contributed by atoms with E-state index in [4.69, 9.17) is 9.47 Å². The summed E-state index contributed by atoms with van der Waals surface area (Å²) < 4.78 is 47.7. The van der Waals surface area contributed by atoms with E-state index < -0.39 is 30.3 Å². The largest absolute Gasteiger partial charge is 0.466 e. The molecule has 122 valence electrons. The molecule has 0 saturated heterocycles. The molecule has 0 radical (unpaired) electrons.